The van der Waals surface area contributed by atoms with Crippen molar-refractivity contribution in [2.24, 2.45) is 5.73 Å². The molecule has 2 aromatic heterocycles. The average Bonchev–Trinajstić information content (AvgIpc) is 2.68. The van der Waals surface area contributed by atoms with Crippen LogP contribution in [0, 0.1) is 0 Å². The molecule has 4 nitrogen and oxygen atoms in total. The first-order valence-corrected chi connectivity index (χ1v) is 4.49. The molecule has 0 bridgehead atoms. The number of hydrogen-bond donors (Lipinski definition) is 2. The van der Waals surface area contributed by atoms with Crippen LogP contribution in [0.15, 0.2) is 30.6 Å². The van der Waals surface area contributed by atoms with Crippen molar-refractivity contribution in [3.05, 3.63) is 36.4 Å². The second-order valence-electron chi connectivity index (χ2n) is 3.19. The van der Waals surface area contributed by atoms with E-state index < -0.39 is 0 Å². The molecule has 0 spiro atoms. The number of nitrogens with two attached hydrogens (primary N) is 1. The molecule has 0 radical (unpaired) electrons. The first-order valence-electron chi connectivity index (χ1n) is 4.49. The van der Waals surface area contributed by atoms with E-state index in [1.807, 2.05) is 25.1 Å². The largest absolute Gasteiger partial charge is 0.339 e. The van der Waals surface area contributed by atoms with Crippen molar-refractivity contribution < 1.29 is 0 Å². The average molecular weight is 188 g/mol. The lowest BCUT2D eigenvalue weighted by Gasteiger charge is -1.98. The van der Waals surface area contributed by atoms with Crippen molar-refractivity contribution in [1.29, 1.82) is 0 Å². The number of aromatic amines is 1. The number of nitrogens with one attached hydrogen (secondary N) is 1. The minimum atomic E-state index is -0.0764. The Hall–Kier alpha value is -1.68. The summed E-state index contributed by atoms with van der Waals surface area (Å²) in [5.41, 5.74) is 7.47. The Kier molecular flexibility index (Phi) is 2.28. The zero-order valence-corrected chi connectivity index (χ0v) is 7.94. The number of hydrogen-bond acceptors (Lipinski definition) is 3. The Labute approximate surface area is 82.2 Å². The van der Waals surface area contributed by atoms with Crippen molar-refractivity contribution in [3.63, 3.8) is 0 Å². The van der Waals surface area contributed by atoms with E-state index in [1.54, 1.807) is 12.4 Å². The second-order valence-corrected chi connectivity index (χ2v) is 3.19. The second kappa shape index (κ2) is 3.59. The van der Waals surface area contributed by atoms with Gasteiger partial charge in [-0.3, -0.25) is 4.98 Å². The molecular formula is C10H12N4. The molecule has 0 amide bonds. The van der Waals surface area contributed by atoms with E-state index in [9.17, 15) is 0 Å². The Morgan fingerprint density at radius 1 is 1.36 bits per heavy atom. The molecule has 2 aromatic rings. The molecule has 3 N–H and O–H groups in total. The lowest BCUT2D eigenvalue weighted by molar-refractivity contribution is 0.756. The Morgan fingerprint density at radius 2 is 2.21 bits per heavy atom. The highest BCUT2D eigenvalue weighted by Crippen LogP contribution is 2.15. The Bertz CT molecular complexity index is 405. The van der Waals surface area contributed by atoms with Gasteiger partial charge < -0.3 is 10.7 Å². The van der Waals surface area contributed by atoms with Crippen LogP contribution in [-0.4, -0.2) is 15.0 Å². The topological polar surface area (TPSA) is 67.6 Å². The van der Waals surface area contributed by atoms with Crippen LogP contribution in [0.25, 0.3) is 11.4 Å². The third-order valence-corrected chi connectivity index (χ3v) is 1.97. The molecule has 0 aromatic carbocycles. The fraction of sp³-hybridized carbons (Fsp3) is 0.200. The lowest BCUT2D eigenvalue weighted by Crippen LogP contribution is -2.06. The molecule has 0 aliphatic rings. The molecule has 1 atom stereocenters. The van der Waals surface area contributed by atoms with Gasteiger partial charge in [0.15, 0.2) is 0 Å². The Balaban J connectivity index is 2.34. The molecule has 4 heteroatoms. The maximum atomic E-state index is 5.69. The van der Waals surface area contributed by atoms with Crippen LogP contribution in [-0.2, 0) is 0 Å². The normalized spacial score (nSPS) is 12.7. The standard InChI is InChI=1S/C10H12N4/c1-7(11)10-13-6-9(14-10)8-4-2-3-5-12-8/h2-7H,11H2,1H3,(H,13,14). The zero-order valence-electron chi connectivity index (χ0n) is 7.94. The quantitative estimate of drug-likeness (QED) is 0.750. The van der Waals surface area contributed by atoms with Crippen LogP contribution in [0.3, 0.4) is 0 Å². The van der Waals surface area contributed by atoms with E-state index in [0.29, 0.717) is 0 Å². The van der Waals surface area contributed by atoms with Gasteiger partial charge in [-0.05, 0) is 19.1 Å². The summed E-state index contributed by atoms with van der Waals surface area (Å²) in [6.45, 7) is 1.89. The molecule has 0 saturated heterocycles. The van der Waals surface area contributed by atoms with Gasteiger partial charge in [0.1, 0.15) is 5.82 Å². The summed E-state index contributed by atoms with van der Waals surface area (Å²) in [4.78, 5) is 11.5. The minimum Gasteiger partial charge on any atom is -0.339 e. The number of rotatable bonds is 2. The van der Waals surface area contributed by atoms with Crippen molar-refractivity contribution in [2.75, 3.05) is 0 Å². The van der Waals surface area contributed by atoms with Gasteiger partial charge in [-0.15, -0.1) is 0 Å². The van der Waals surface area contributed by atoms with E-state index >= 15 is 0 Å². The number of imidazole rings is 1. The summed E-state index contributed by atoms with van der Waals surface area (Å²) in [6.07, 6.45) is 3.50. The molecule has 2 rings (SSSR count). The van der Waals surface area contributed by atoms with Gasteiger partial charge in [-0.25, -0.2) is 4.98 Å². The lowest BCUT2D eigenvalue weighted by atomic mass is 10.3. The summed E-state index contributed by atoms with van der Waals surface area (Å²) >= 11 is 0. The van der Waals surface area contributed by atoms with Crippen LogP contribution in [0.2, 0.25) is 0 Å². The van der Waals surface area contributed by atoms with E-state index in [2.05, 4.69) is 15.0 Å². The molecular weight excluding hydrogens is 176 g/mol. The van der Waals surface area contributed by atoms with Crippen molar-refractivity contribution in [1.82, 2.24) is 15.0 Å². The summed E-state index contributed by atoms with van der Waals surface area (Å²) in [6, 6.07) is 5.67. The van der Waals surface area contributed by atoms with Gasteiger partial charge in [0.2, 0.25) is 0 Å². The monoisotopic (exact) mass is 188 g/mol. The summed E-state index contributed by atoms with van der Waals surface area (Å²) < 4.78 is 0. The molecule has 1 unspecified atom stereocenters. The zero-order chi connectivity index (χ0) is 9.97. The predicted molar refractivity (Wildman–Crippen MR) is 54.4 cm³/mol. The highest BCUT2D eigenvalue weighted by atomic mass is 15.0. The summed E-state index contributed by atoms with van der Waals surface area (Å²) in [5.74, 6) is 0.783. The highest BCUT2D eigenvalue weighted by Gasteiger charge is 2.06. The van der Waals surface area contributed by atoms with Gasteiger partial charge in [-0.2, -0.15) is 0 Å². The van der Waals surface area contributed by atoms with Gasteiger partial charge in [0.05, 0.1) is 23.6 Å². The predicted octanol–water partition coefficient (Wildman–Crippen LogP) is 1.49. The molecule has 0 aliphatic carbocycles. The number of nitrogens with zero attached hydrogens (tertiary/aromatic N) is 2. The van der Waals surface area contributed by atoms with Crippen LogP contribution in [0.1, 0.15) is 18.8 Å². The molecule has 14 heavy (non-hydrogen) atoms. The van der Waals surface area contributed by atoms with Gasteiger partial charge >= 0.3 is 0 Å². The fourth-order valence-corrected chi connectivity index (χ4v) is 1.22. The van der Waals surface area contributed by atoms with Crippen LogP contribution in [0.4, 0.5) is 0 Å². The molecule has 0 aliphatic heterocycles. The van der Waals surface area contributed by atoms with E-state index in [1.165, 1.54) is 0 Å². The van der Waals surface area contributed by atoms with Crippen molar-refractivity contribution >= 4 is 0 Å². The van der Waals surface area contributed by atoms with E-state index in [4.69, 9.17) is 5.73 Å². The summed E-state index contributed by atoms with van der Waals surface area (Å²) in [5, 5.41) is 0. The molecule has 2 heterocycles. The molecule has 0 saturated carbocycles. The van der Waals surface area contributed by atoms with Gasteiger partial charge in [0.25, 0.3) is 0 Å². The highest BCUT2D eigenvalue weighted by molar-refractivity contribution is 5.52. The molecule has 72 valence electrons. The maximum absolute atomic E-state index is 5.69. The van der Waals surface area contributed by atoms with Crippen LogP contribution >= 0.6 is 0 Å². The maximum Gasteiger partial charge on any atom is 0.123 e. The van der Waals surface area contributed by atoms with Gasteiger partial charge in [-0.1, -0.05) is 6.07 Å². The van der Waals surface area contributed by atoms with Gasteiger partial charge in [0, 0.05) is 6.20 Å². The third kappa shape index (κ3) is 1.65. The van der Waals surface area contributed by atoms with Crippen LogP contribution < -0.4 is 5.73 Å². The van der Waals surface area contributed by atoms with Crippen molar-refractivity contribution in [2.45, 2.75) is 13.0 Å². The SMILES string of the molecule is CC(N)c1ncc(-c2ccccn2)[nH]1. The first-order chi connectivity index (χ1) is 6.77. The number of aromatic nitrogens is 3. The number of H-pyrrole nitrogens is 1. The third-order valence-electron chi connectivity index (χ3n) is 1.97. The smallest absolute Gasteiger partial charge is 0.123 e. The minimum absolute atomic E-state index is 0.0764. The number of pyridine rings is 1. The molecule has 0 fully saturated rings. The fourth-order valence-electron chi connectivity index (χ4n) is 1.22. The van der Waals surface area contributed by atoms with E-state index in [0.717, 1.165) is 17.2 Å². The van der Waals surface area contributed by atoms with Crippen LogP contribution in [0.5, 0.6) is 0 Å². The first kappa shape index (κ1) is 8.90. The van der Waals surface area contributed by atoms with Crippen molar-refractivity contribution in [3.8, 4) is 11.4 Å². The summed E-state index contributed by atoms with van der Waals surface area (Å²) in [7, 11) is 0. The Morgan fingerprint density at radius 3 is 2.79 bits per heavy atom. The van der Waals surface area contributed by atoms with E-state index in [-0.39, 0.29) is 6.04 Å².